The molecule has 0 spiro atoms. The van der Waals surface area contributed by atoms with Crippen LogP contribution in [0, 0.1) is 11.3 Å². The van der Waals surface area contributed by atoms with Gasteiger partial charge in [0, 0.05) is 10.9 Å². The summed E-state index contributed by atoms with van der Waals surface area (Å²) < 4.78 is 29.9. The number of aromatic nitrogens is 1. The summed E-state index contributed by atoms with van der Waals surface area (Å²) in [7, 11) is 6.58. The highest BCUT2D eigenvalue weighted by molar-refractivity contribution is 7.22. The molecule has 0 aliphatic rings. The fourth-order valence-electron chi connectivity index (χ4n) is 5.24. The van der Waals surface area contributed by atoms with Gasteiger partial charge in [-0.05, 0) is 76.3 Å². The first-order chi connectivity index (χ1) is 19.5. The SMILES string of the molecule is CCOc1cc2c(cc1OC)c1cc(OC)c(OC)cc1c1cc(OC)c3sc(-c4ccc(C#N)cc4)nc3c21. The van der Waals surface area contributed by atoms with Crippen LogP contribution in [0.15, 0.2) is 54.6 Å². The van der Waals surface area contributed by atoms with E-state index < -0.39 is 0 Å². The minimum Gasteiger partial charge on any atom is -0.495 e. The van der Waals surface area contributed by atoms with Gasteiger partial charge in [-0.1, -0.05) is 12.1 Å². The highest BCUT2D eigenvalue weighted by atomic mass is 32.1. The second kappa shape index (κ2) is 10.1. The number of hydrogen-bond acceptors (Lipinski definition) is 8. The van der Waals surface area contributed by atoms with E-state index in [-0.39, 0.29) is 0 Å². The molecule has 0 atom stereocenters. The van der Waals surface area contributed by atoms with E-state index in [1.807, 2.05) is 43.3 Å². The van der Waals surface area contributed by atoms with Gasteiger partial charge < -0.3 is 23.7 Å². The third-order valence-electron chi connectivity index (χ3n) is 7.09. The minimum atomic E-state index is 0.501. The van der Waals surface area contributed by atoms with Crippen LogP contribution in [0.3, 0.4) is 0 Å². The molecule has 8 heteroatoms. The van der Waals surface area contributed by atoms with Crippen molar-refractivity contribution in [3.8, 4) is 45.4 Å². The van der Waals surface area contributed by atoms with E-state index in [9.17, 15) is 5.26 Å². The summed E-state index contributed by atoms with van der Waals surface area (Å²) in [4.78, 5) is 5.15. The molecular formula is C32H26N2O5S. The van der Waals surface area contributed by atoms with E-state index in [2.05, 4.69) is 12.1 Å². The summed E-state index contributed by atoms with van der Waals surface area (Å²) in [6, 6.07) is 19.7. The van der Waals surface area contributed by atoms with Gasteiger partial charge in [-0.2, -0.15) is 5.26 Å². The summed E-state index contributed by atoms with van der Waals surface area (Å²) in [6.07, 6.45) is 0. The lowest BCUT2D eigenvalue weighted by Crippen LogP contribution is -1.97. The second-order valence-electron chi connectivity index (χ2n) is 9.12. The van der Waals surface area contributed by atoms with E-state index in [0.717, 1.165) is 58.9 Å². The fourth-order valence-corrected chi connectivity index (χ4v) is 6.31. The Hall–Kier alpha value is -4.74. The van der Waals surface area contributed by atoms with Gasteiger partial charge in [0.15, 0.2) is 23.0 Å². The average Bonchev–Trinajstić information content (AvgIpc) is 3.45. The maximum absolute atomic E-state index is 9.24. The fraction of sp³-hybridized carbons (Fsp3) is 0.188. The molecule has 0 aliphatic carbocycles. The highest BCUT2D eigenvalue weighted by Crippen LogP contribution is 2.49. The first kappa shape index (κ1) is 25.5. The average molecular weight is 551 g/mol. The van der Waals surface area contributed by atoms with Gasteiger partial charge in [0.2, 0.25) is 0 Å². The molecule has 40 heavy (non-hydrogen) atoms. The largest absolute Gasteiger partial charge is 0.495 e. The predicted octanol–water partition coefficient (Wildman–Crippen LogP) is 7.73. The van der Waals surface area contributed by atoms with Crippen LogP contribution < -0.4 is 23.7 Å². The topological polar surface area (TPSA) is 82.8 Å². The van der Waals surface area contributed by atoms with Gasteiger partial charge in [0.25, 0.3) is 0 Å². The van der Waals surface area contributed by atoms with Crippen molar-refractivity contribution in [3.63, 3.8) is 0 Å². The van der Waals surface area contributed by atoms with Gasteiger partial charge in [0.1, 0.15) is 10.8 Å². The quantitative estimate of drug-likeness (QED) is 0.188. The van der Waals surface area contributed by atoms with Crippen LogP contribution in [0.4, 0.5) is 0 Å². The van der Waals surface area contributed by atoms with E-state index in [1.165, 1.54) is 0 Å². The number of methoxy groups -OCH3 is 4. The Labute approximate surface area is 235 Å². The molecule has 5 aromatic carbocycles. The van der Waals surface area contributed by atoms with Gasteiger partial charge in [-0.25, -0.2) is 4.98 Å². The first-order valence-electron chi connectivity index (χ1n) is 12.7. The zero-order valence-corrected chi connectivity index (χ0v) is 23.6. The lowest BCUT2D eigenvalue weighted by atomic mass is 9.92. The lowest BCUT2D eigenvalue weighted by Gasteiger charge is -2.17. The molecule has 1 heterocycles. The monoisotopic (exact) mass is 550 g/mol. The van der Waals surface area contributed by atoms with Gasteiger partial charge >= 0.3 is 0 Å². The van der Waals surface area contributed by atoms with Crippen LogP contribution in [0.25, 0.3) is 53.1 Å². The zero-order valence-electron chi connectivity index (χ0n) is 22.7. The van der Waals surface area contributed by atoms with Crippen LogP contribution in [-0.4, -0.2) is 40.0 Å². The molecule has 0 N–H and O–H groups in total. The Morgan fingerprint density at radius 2 is 1.20 bits per heavy atom. The van der Waals surface area contributed by atoms with Crippen molar-refractivity contribution >= 4 is 53.9 Å². The van der Waals surface area contributed by atoms with Gasteiger partial charge in [-0.3, -0.25) is 0 Å². The molecule has 0 fully saturated rings. The molecule has 6 aromatic rings. The second-order valence-corrected chi connectivity index (χ2v) is 10.1. The number of ether oxygens (including phenoxy) is 5. The van der Waals surface area contributed by atoms with Crippen LogP contribution in [0.2, 0.25) is 0 Å². The van der Waals surface area contributed by atoms with Crippen molar-refractivity contribution in [1.29, 1.82) is 5.26 Å². The Kier molecular flexibility index (Phi) is 6.45. The molecule has 6 rings (SSSR count). The van der Waals surface area contributed by atoms with Crippen molar-refractivity contribution in [2.24, 2.45) is 0 Å². The maximum atomic E-state index is 9.24. The van der Waals surface area contributed by atoms with Crippen molar-refractivity contribution in [1.82, 2.24) is 4.98 Å². The summed E-state index contributed by atoms with van der Waals surface area (Å²) in [5.41, 5.74) is 2.36. The maximum Gasteiger partial charge on any atom is 0.161 e. The number of benzene rings is 5. The number of nitriles is 1. The molecule has 1 aromatic heterocycles. The molecule has 0 saturated carbocycles. The molecule has 0 amide bonds. The molecule has 0 unspecified atom stereocenters. The van der Waals surface area contributed by atoms with Crippen LogP contribution in [0.1, 0.15) is 12.5 Å². The number of thiazole rings is 1. The predicted molar refractivity (Wildman–Crippen MR) is 160 cm³/mol. The van der Waals surface area contributed by atoms with Crippen molar-refractivity contribution in [2.75, 3.05) is 35.0 Å². The summed E-state index contributed by atoms with van der Waals surface area (Å²) >= 11 is 1.56. The summed E-state index contributed by atoms with van der Waals surface area (Å²) in [5.74, 6) is 3.29. The van der Waals surface area contributed by atoms with Crippen molar-refractivity contribution in [2.45, 2.75) is 6.92 Å². The zero-order chi connectivity index (χ0) is 28.0. The number of fused-ring (bicyclic) bond motifs is 8. The minimum absolute atomic E-state index is 0.501. The standard InChI is InChI=1S/C32H26N2O5S/c1-6-39-27-14-22-21(13-26(27)37-4)19-11-24(35-2)25(36-3)12-20(19)23-15-28(38-5)31-30(29(22)23)34-32(40-31)18-9-7-17(16-33)8-10-18/h7-15H,6H2,1-5H3. The Morgan fingerprint density at radius 1 is 0.700 bits per heavy atom. The van der Waals surface area contributed by atoms with E-state index in [0.29, 0.717) is 35.2 Å². The molecule has 200 valence electrons. The summed E-state index contributed by atoms with van der Waals surface area (Å²) in [6.45, 7) is 2.45. The molecule has 0 saturated heterocycles. The van der Waals surface area contributed by atoms with Crippen LogP contribution >= 0.6 is 11.3 Å². The van der Waals surface area contributed by atoms with E-state index in [4.69, 9.17) is 28.7 Å². The Morgan fingerprint density at radius 3 is 1.73 bits per heavy atom. The molecule has 0 aliphatic heterocycles. The number of nitrogens with zero attached hydrogens (tertiary/aromatic N) is 2. The molecule has 0 radical (unpaired) electrons. The van der Waals surface area contributed by atoms with E-state index in [1.54, 1.807) is 51.9 Å². The third-order valence-corrected chi connectivity index (χ3v) is 8.21. The van der Waals surface area contributed by atoms with E-state index >= 15 is 0 Å². The molecule has 7 nitrogen and oxygen atoms in total. The Balaban J connectivity index is 1.82. The number of hydrogen-bond donors (Lipinski definition) is 0. The normalized spacial score (nSPS) is 11.2. The molecule has 0 bridgehead atoms. The summed E-state index contributed by atoms with van der Waals surface area (Å²) in [5, 5.41) is 15.9. The van der Waals surface area contributed by atoms with Crippen molar-refractivity contribution < 1.29 is 23.7 Å². The highest BCUT2D eigenvalue weighted by Gasteiger charge is 2.22. The molecular weight excluding hydrogens is 524 g/mol. The van der Waals surface area contributed by atoms with Crippen molar-refractivity contribution in [3.05, 3.63) is 60.2 Å². The Bertz CT molecular complexity index is 1970. The first-order valence-corrected chi connectivity index (χ1v) is 13.5. The van der Waals surface area contributed by atoms with Crippen LogP contribution in [0.5, 0.6) is 28.7 Å². The number of rotatable bonds is 7. The third kappa shape index (κ3) is 3.90. The van der Waals surface area contributed by atoms with Gasteiger partial charge in [0.05, 0.1) is 56.9 Å². The lowest BCUT2D eigenvalue weighted by molar-refractivity contribution is 0.311. The smallest absolute Gasteiger partial charge is 0.161 e. The van der Waals surface area contributed by atoms with Crippen LogP contribution in [-0.2, 0) is 0 Å². The van der Waals surface area contributed by atoms with Gasteiger partial charge in [-0.15, -0.1) is 11.3 Å².